The van der Waals surface area contributed by atoms with E-state index in [0.29, 0.717) is 24.8 Å². The van der Waals surface area contributed by atoms with E-state index in [4.69, 9.17) is 14.6 Å². The monoisotopic (exact) mass is 357 g/mol. The van der Waals surface area contributed by atoms with Gasteiger partial charge in [0, 0.05) is 38.7 Å². The summed E-state index contributed by atoms with van der Waals surface area (Å²) in [5.41, 5.74) is 2.50. The van der Waals surface area contributed by atoms with Crippen molar-refractivity contribution in [2.45, 2.75) is 31.9 Å². The maximum absolute atomic E-state index is 12.2. The number of aromatic nitrogens is 4. The Kier molecular flexibility index (Phi) is 5.21. The van der Waals surface area contributed by atoms with Gasteiger partial charge in [-0.05, 0) is 36.8 Å². The standard InChI is InChI=1S/C18H23N5O3/c24-18(15-1-5-19-12-21-15)20-9-16-17-14(4-8-26-16)11-23(22-17)10-13-2-6-25-7-3-13/h1,5,11-13,16H,2-4,6-10H2,(H,20,24)/t16-/m1/s1. The fraction of sp³-hybridized carbons (Fsp3) is 0.556. The quantitative estimate of drug-likeness (QED) is 0.863. The Morgan fingerprint density at radius 2 is 2.19 bits per heavy atom. The molecule has 0 aromatic carbocycles. The van der Waals surface area contributed by atoms with Gasteiger partial charge in [-0.2, -0.15) is 5.10 Å². The molecule has 8 heteroatoms. The van der Waals surface area contributed by atoms with Crippen molar-refractivity contribution in [2.24, 2.45) is 5.92 Å². The third-order valence-corrected chi connectivity index (χ3v) is 4.91. The molecular formula is C18H23N5O3. The Hall–Kier alpha value is -2.32. The van der Waals surface area contributed by atoms with Gasteiger partial charge in [-0.1, -0.05) is 0 Å². The van der Waals surface area contributed by atoms with Gasteiger partial charge in [0.1, 0.15) is 18.1 Å². The summed E-state index contributed by atoms with van der Waals surface area (Å²) in [5.74, 6) is 0.381. The van der Waals surface area contributed by atoms with Gasteiger partial charge < -0.3 is 14.8 Å². The average Bonchev–Trinajstić information content (AvgIpc) is 3.10. The molecule has 2 aromatic rings. The fourth-order valence-corrected chi connectivity index (χ4v) is 3.47. The van der Waals surface area contributed by atoms with Gasteiger partial charge >= 0.3 is 0 Å². The van der Waals surface area contributed by atoms with Crippen LogP contribution in [0.1, 0.15) is 40.7 Å². The fourth-order valence-electron chi connectivity index (χ4n) is 3.47. The van der Waals surface area contributed by atoms with E-state index in [1.165, 1.54) is 11.9 Å². The molecule has 4 rings (SSSR count). The number of nitrogens with one attached hydrogen (secondary N) is 1. The van der Waals surface area contributed by atoms with Gasteiger partial charge in [-0.25, -0.2) is 9.97 Å². The second-order valence-corrected chi connectivity index (χ2v) is 6.73. The molecular weight excluding hydrogens is 334 g/mol. The van der Waals surface area contributed by atoms with Crippen molar-refractivity contribution in [3.8, 4) is 0 Å². The van der Waals surface area contributed by atoms with Crippen LogP contribution >= 0.6 is 0 Å². The van der Waals surface area contributed by atoms with E-state index in [2.05, 4.69) is 21.5 Å². The lowest BCUT2D eigenvalue weighted by atomic mass is 10.0. The van der Waals surface area contributed by atoms with Crippen LogP contribution in [-0.4, -0.2) is 52.0 Å². The third-order valence-electron chi connectivity index (χ3n) is 4.91. The van der Waals surface area contributed by atoms with Gasteiger partial charge in [0.25, 0.3) is 5.91 Å². The molecule has 1 fully saturated rings. The van der Waals surface area contributed by atoms with Gasteiger partial charge in [0.15, 0.2) is 0 Å². The van der Waals surface area contributed by atoms with Crippen LogP contribution in [0.15, 0.2) is 24.8 Å². The Balaban J connectivity index is 1.39. The van der Waals surface area contributed by atoms with Gasteiger partial charge in [-0.15, -0.1) is 0 Å². The summed E-state index contributed by atoms with van der Waals surface area (Å²) in [7, 11) is 0. The Morgan fingerprint density at radius 3 is 3.00 bits per heavy atom. The van der Waals surface area contributed by atoms with Crippen LogP contribution < -0.4 is 5.32 Å². The summed E-state index contributed by atoms with van der Waals surface area (Å²) in [6.45, 7) is 3.61. The summed E-state index contributed by atoms with van der Waals surface area (Å²) < 4.78 is 13.3. The first-order valence-electron chi connectivity index (χ1n) is 9.09. The minimum absolute atomic E-state index is 0.222. The van der Waals surface area contributed by atoms with Gasteiger partial charge in [-0.3, -0.25) is 9.48 Å². The zero-order valence-electron chi connectivity index (χ0n) is 14.6. The molecule has 2 aromatic heterocycles. The van der Waals surface area contributed by atoms with Crippen molar-refractivity contribution in [1.29, 1.82) is 0 Å². The molecule has 8 nitrogen and oxygen atoms in total. The lowest BCUT2D eigenvalue weighted by Gasteiger charge is -2.22. The Morgan fingerprint density at radius 1 is 1.31 bits per heavy atom. The second-order valence-electron chi connectivity index (χ2n) is 6.73. The molecule has 2 aliphatic rings. The highest BCUT2D eigenvalue weighted by Gasteiger charge is 2.26. The summed E-state index contributed by atoms with van der Waals surface area (Å²) in [6, 6.07) is 1.59. The van der Waals surface area contributed by atoms with Crippen molar-refractivity contribution in [2.75, 3.05) is 26.4 Å². The number of carbonyl (C=O) groups is 1. The van der Waals surface area contributed by atoms with Crippen LogP contribution in [-0.2, 0) is 22.4 Å². The van der Waals surface area contributed by atoms with E-state index in [0.717, 1.165) is 44.7 Å². The number of hydrogen-bond donors (Lipinski definition) is 1. The van der Waals surface area contributed by atoms with E-state index in [9.17, 15) is 4.79 Å². The van der Waals surface area contributed by atoms with Crippen molar-refractivity contribution in [1.82, 2.24) is 25.1 Å². The highest BCUT2D eigenvalue weighted by molar-refractivity contribution is 5.92. The molecule has 2 aliphatic heterocycles. The van der Waals surface area contributed by atoms with Gasteiger partial charge in [0.05, 0.1) is 12.3 Å². The Bertz CT molecular complexity index is 743. The average molecular weight is 357 g/mol. The maximum atomic E-state index is 12.2. The smallest absolute Gasteiger partial charge is 0.270 e. The van der Waals surface area contributed by atoms with Crippen LogP contribution in [0, 0.1) is 5.92 Å². The maximum Gasteiger partial charge on any atom is 0.270 e. The van der Waals surface area contributed by atoms with Crippen LogP contribution in [0.25, 0.3) is 0 Å². The van der Waals surface area contributed by atoms with Gasteiger partial charge in [0.2, 0.25) is 0 Å². The largest absolute Gasteiger partial charge is 0.381 e. The lowest BCUT2D eigenvalue weighted by Crippen LogP contribution is -2.32. The number of amides is 1. The van der Waals surface area contributed by atoms with E-state index < -0.39 is 0 Å². The van der Waals surface area contributed by atoms with Crippen LogP contribution in [0.5, 0.6) is 0 Å². The Labute approximate surface area is 151 Å². The van der Waals surface area contributed by atoms with E-state index in [1.807, 2.05) is 4.68 Å². The lowest BCUT2D eigenvalue weighted by molar-refractivity contribution is 0.0378. The number of rotatable bonds is 5. The predicted molar refractivity (Wildman–Crippen MR) is 92.5 cm³/mol. The van der Waals surface area contributed by atoms with Crippen molar-refractivity contribution in [3.63, 3.8) is 0 Å². The first-order valence-corrected chi connectivity index (χ1v) is 9.09. The van der Waals surface area contributed by atoms with E-state index >= 15 is 0 Å². The van der Waals surface area contributed by atoms with E-state index in [1.54, 1.807) is 12.3 Å². The summed E-state index contributed by atoms with van der Waals surface area (Å²) in [6.07, 6.45) is 7.85. The molecule has 1 saturated heterocycles. The molecule has 0 radical (unpaired) electrons. The number of nitrogens with zero attached hydrogens (tertiary/aromatic N) is 4. The second kappa shape index (κ2) is 7.92. The zero-order valence-corrected chi connectivity index (χ0v) is 14.6. The molecule has 0 saturated carbocycles. The van der Waals surface area contributed by atoms with Crippen molar-refractivity contribution in [3.05, 3.63) is 41.7 Å². The van der Waals surface area contributed by atoms with Crippen molar-refractivity contribution >= 4 is 5.91 Å². The minimum Gasteiger partial charge on any atom is -0.381 e. The molecule has 0 spiro atoms. The predicted octanol–water partition coefficient (Wildman–Crippen LogP) is 1.14. The molecule has 0 aliphatic carbocycles. The number of fused-ring (bicyclic) bond motifs is 1. The molecule has 4 heterocycles. The number of carbonyl (C=O) groups excluding carboxylic acids is 1. The topological polar surface area (TPSA) is 91.2 Å². The molecule has 0 unspecified atom stereocenters. The van der Waals surface area contributed by atoms with Crippen LogP contribution in [0.3, 0.4) is 0 Å². The van der Waals surface area contributed by atoms with Crippen molar-refractivity contribution < 1.29 is 14.3 Å². The minimum atomic E-state index is -0.232. The molecule has 1 N–H and O–H groups in total. The van der Waals surface area contributed by atoms with Crippen LogP contribution in [0.4, 0.5) is 0 Å². The summed E-state index contributed by atoms with van der Waals surface area (Å²) in [4.78, 5) is 20.0. The highest BCUT2D eigenvalue weighted by atomic mass is 16.5. The molecule has 1 amide bonds. The summed E-state index contributed by atoms with van der Waals surface area (Å²) >= 11 is 0. The molecule has 138 valence electrons. The number of ether oxygens (including phenoxy) is 2. The number of hydrogen-bond acceptors (Lipinski definition) is 6. The highest BCUT2D eigenvalue weighted by Crippen LogP contribution is 2.26. The molecule has 1 atom stereocenters. The first-order chi connectivity index (χ1) is 12.8. The van der Waals surface area contributed by atoms with Crippen LogP contribution in [0.2, 0.25) is 0 Å². The molecule has 26 heavy (non-hydrogen) atoms. The third kappa shape index (κ3) is 3.91. The first kappa shape index (κ1) is 17.1. The van der Waals surface area contributed by atoms with E-state index in [-0.39, 0.29) is 12.0 Å². The normalized spacial score (nSPS) is 20.5. The summed E-state index contributed by atoms with van der Waals surface area (Å²) in [5, 5.41) is 7.63. The SMILES string of the molecule is O=C(NC[C@H]1OCCc2cn(CC3CCOCC3)nc21)c1ccncn1. The molecule has 0 bridgehead atoms. The zero-order chi connectivity index (χ0) is 17.8.